The first-order valence-electron chi connectivity index (χ1n) is 3.34. The monoisotopic (exact) mass is 156 g/mol. The van der Waals surface area contributed by atoms with Gasteiger partial charge in [0.2, 0.25) is 4.77 Å². The highest BCUT2D eigenvalue weighted by Crippen LogP contribution is 2.29. The Morgan fingerprint density at radius 3 is 3.00 bits per heavy atom. The van der Waals surface area contributed by atoms with Gasteiger partial charge in [0.15, 0.2) is 0 Å². The average Bonchev–Trinajstić information content (AvgIpc) is 2.62. The standard InChI is InChI=1S/C5H8N4S/c10-5-6-7-8-9(5)3-4-1-2-4/h4H,1-3H2,(H,6,8,10). The third kappa shape index (κ3) is 1.09. The zero-order valence-electron chi connectivity index (χ0n) is 5.45. The molecule has 1 saturated carbocycles. The molecule has 0 bridgehead atoms. The molecule has 0 aliphatic heterocycles. The highest BCUT2D eigenvalue weighted by Gasteiger charge is 2.22. The fourth-order valence-corrected chi connectivity index (χ4v) is 1.05. The maximum absolute atomic E-state index is 4.89. The van der Waals surface area contributed by atoms with Crippen molar-refractivity contribution in [2.24, 2.45) is 5.92 Å². The van der Waals surface area contributed by atoms with Crippen molar-refractivity contribution in [2.45, 2.75) is 19.4 Å². The Morgan fingerprint density at radius 1 is 1.70 bits per heavy atom. The zero-order chi connectivity index (χ0) is 6.97. The molecule has 0 radical (unpaired) electrons. The van der Waals surface area contributed by atoms with E-state index in [1.165, 1.54) is 12.8 Å². The lowest BCUT2D eigenvalue weighted by Gasteiger charge is -1.94. The Bertz CT molecular complexity index is 271. The minimum absolute atomic E-state index is 0.562. The molecule has 1 fully saturated rings. The van der Waals surface area contributed by atoms with Crippen LogP contribution in [-0.2, 0) is 6.54 Å². The Kier molecular flexibility index (Phi) is 1.30. The van der Waals surface area contributed by atoms with E-state index in [2.05, 4.69) is 15.5 Å². The fraction of sp³-hybridized carbons (Fsp3) is 0.800. The lowest BCUT2D eigenvalue weighted by atomic mass is 10.4. The molecule has 1 aliphatic carbocycles. The molecule has 1 aromatic rings. The minimum Gasteiger partial charge on any atom is -0.242 e. The van der Waals surface area contributed by atoms with E-state index in [-0.39, 0.29) is 0 Å². The molecule has 1 heterocycles. The van der Waals surface area contributed by atoms with Gasteiger partial charge in [0.1, 0.15) is 0 Å². The van der Waals surface area contributed by atoms with Crippen molar-refractivity contribution in [3.8, 4) is 0 Å². The van der Waals surface area contributed by atoms with Gasteiger partial charge in [0.05, 0.1) is 0 Å². The van der Waals surface area contributed by atoms with Crippen molar-refractivity contribution in [2.75, 3.05) is 0 Å². The number of rotatable bonds is 2. The number of aromatic nitrogens is 4. The molecule has 4 nitrogen and oxygen atoms in total. The molecule has 1 N–H and O–H groups in total. The number of tetrazole rings is 1. The quantitative estimate of drug-likeness (QED) is 0.642. The largest absolute Gasteiger partial charge is 0.242 e. The van der Waals surface area contributed by atoms with Crippen molar-refractivity contribution in [1.82, 2.24) is 20.2 Å². The number of nitrogens with zero attached hydrogens (tertiary/aromatic N) is 3. The van der Waals surface area contributed by atoms with E-state index in [1.54, 1.807) is 0 Å². The molecule has 0 amide bonds. The normalized spacial score (nSPS) is 17.6. The van der Waals surface area contributed by atoms with E-state index in [9.17, 15) is 0 Å². The first kappa shape index (κ1) is 6.03. The van der Waals surface area contributed by atoms with Crippen molar-refractivity contribution < 1.29 is 0 Å². The predicted octanol–water partition coefficient (Wildman–Crippen LogP) is 0.746. The fourth-order valence-electron chi connectivity index (χ4n) is 0.893. The van der Waals surface area contributed by atoms with Gasteiger partial charge in [-0.3, -0.25) is 0 Å². The Labute approximate surface area is 63.2 Å². The van der Waals surface area contributed by atoms with Crippen LogP contribution in [0, 0.1) is 10.7 Å². The van der Waals surface area contributed by atoms with E-state index < -0.39 is 0 Å². The highest BCUT2D eigenvalue weighted by atomic mass is 32.1. The summed E-state index contributed by atoms with van der Waals surface area (Å²) in [7, 11) is 0. The third-order valence-electron chi connectivity index (χ3n) is 1.67. The number of H-pyrrole nitrogens is 1. The summed E-state index contributed by atoms with van der Waals surface area (Å²) in [5.41, 5.74) is 0. The molecule has 0 saturated heterocycles. The maximum Gasteiger partial charge on any atom is 0.238 e. The van der Waals surface area contributed by atoms with Crippen molar-refractivity contribution >= 4 is 12.2 Å². The van der Waals surface area contributed by atoms with Crippen LogP contribution >= 0.6 is 12.2 Å². The first-order valence-corrected chi connectivity index (χ1v) is 3.75. The van der Waals surface area contributed by atoms with Crippen LogP contribution in [-0.4, -0.2) is 20.2 Å². The van der Waals surface area contributed by atoms with Crippen LogP contribution in [0.15, 0.2) is 0 Å². The van der Waals surface area contributed by atoms with Gasteiger partial charge in [-0.05, 0) is 31.0 Å². The van der Waals surface area contributed by atoms with E-state index in [1.807, 2.05) is 4.68 Å². The van der Waals surface area contributed by atoms with Crippen LogP contribution in [0.3, 0.4) is 0 Å². The maximum atomic E-state index is 4.89. The SMILES string of the molecule is S=c1nn[nH]n1CC1CC1. The van der Waals surface area contributed by atoms with E-state index >= 15 is 0 Å². The van der Waals surface area contributed by atoms with E-state index in [4.69, 9.17) is 12.2 Å². The summed E-state index contributed by atoms with van der Waals surface area (Å²) < 4.78 is 2.37. The predicted molar refractivity (Wildman–Crippen MR) is 37.9 cm³/mol. The minimum atomic E-state index is 0.562. The molecule has 2 rings (SSSR count). The van der Waals surface area contributed by atoms with Gasteiger partial charge in [-0.2, -0.15) is 5.21 Å². The van der Waals surface area contributed by atoms with Crippen molar-refractivity contribution in [3.63, 3.8) is 0 Å². The summed E-state index contributed by atoms with van der Waals surface area (Å²) in [6, 6.07) is 0. The molecule has 0 unspecified atom stereocenters. The van der Waals surface area contributed by atoms with Gasteiger partial charge in [-0.25, -0.2) is 4.68 Å². The average molecular weight is 156 g/mol. The summed E-state index contributed by atoms with van der Waals surface area (Å²) >= 11 is 4.89. The molecule has 0 atom stereocenters. The molecular weight excluding hydrogens is 148 g/mol. The smallest absolute Gasteiger partial charge is 0.238 e. The van der Waals surface area contributed by atoms with E-state index in [0.717, 1.165) is 12.5 Å². The summed E-state index contributed by atoms with van der Waals surface area (Å²) in [5, 5.41) is 9.98. The molecule has 0 spiro atoms. The number of nitrogens with one attached hydrogen (secondary N) is 1. The topological polar surface area (TPSA) is 46.5 Å². The van der Waals surface area contributed by atoms with Gasteiger partial charge >= 0.3 is 0 Å². The number of aromatic amines is 1. The molecule has 10 heavy (non-hydrogen) atoms. The van der Waals surface area contributed by atoms with Crippen LogP contribution in [0.1, 0.15) is 12.8 Å². The zero-order valence-corrected chi connectivity index (χ0v) is 6.27. The lowest BCUT2D eigenvalue weighted by molar-refractivity contribution is 0.539. The molecule has 1 aliphatic rings. The summed E-state index contributed by atoms with van der Waals surface area (Å²) in [6.07, 6.45) is 2.64. The Balaban J connectivity index is 2.16. The third-order valence-corrected chi connectivity index (χ3v) is 1.97. The summed E-state index contributed by atoms with van der Waals surface area (Å²) in [6.45, 7) is 0.964. The molecule has 0 aromatic carbocycles. The summed E-state index contributed by atoms with van der Waals surface area (Å²) in [4.78, 5) is 0. The second kappa shape index (κ2) is 2.16. The molecule has 5 heteroatoms. The van der Waals surface area contributed by atoms with Gasteiger partial charge in [0, 0.05) is 6.54 Å². The highest BCUT2D eigenvalue weighted by molar-refractivity contribution is 7.71. The van der Waals surface area contributed by atoms with Gasteiger partial charge in [-0.1, -0.05) is 10.3 Å². The van der Waals surface area contributed by atoms with Crippen LogP contribution in [0.25, 0.3) is 0 Å². The molecular formula is C5H8N4S. The van der Waals surface area contributed by atoms with Gasteiger partial charge in [-0.15, -0.1) is 0 Å². The van der Waals surface area contributed by atoms with Crippen LogP contribution in [0.5, 0.6) is 0 Å². The first-order chi connectivity index (χ1) is 4.86. The Morgan fingerprint density at radius 2 is 2.50 bits per heavy atom. The van der Waals surface area contributed by atoms with Crippen molar-refractivity contribution in [3.05, 3.63) is 4.77 Å². The molecule has 1 aromatic heterocycles. The van der Waals surface area contributed by atoms with Crippen molar-refractivity contribution in [1.29, 1.82) is 0 Å². The molecule has 54 valence electrons. The van der Waals surface area contributed by atoms with E-state index in [0.29, 0.717) is 4.77 Å². The van der Waals surface area contributed by atoms with Crippen LogP contribution in [0.2, 0.25) is 0 Å². The Hall–Kier alpha value is -0.710. The number of hydrogen-bond donors (Lipinski definition) is 1. The van der Waals surface area contributed by atoms with Crippen LogP contribution < -0.4 is 0 Å². The van der Waals surface area contributed by atoms with Gasteiger partial charge in [0.25, 0.3) is 0 Å². The lowest BCUT2D eigenvalue weighted by Crippen LogP contribution is -2.01. The van der Waals surface area contributed by atoms with Gasteiger partial charge < -0.3 is 0 Å². The second-order valence-electron chi connectivity index (χ2n) is 2.64. The summed E-state index contributed by atoms with van der Waals surface area (Å²) in [5.74, 6) is 0.814. The number of hydrogen-bond acceptors (Lipinski definition) is 3. The van der Waals surface area contributed by atoms with Crippen LogP contribution in [0.4, 0.5) is 0 Å². The second-order valence-corrected chi connectivity index (χ2v) is 3.00.